The van der Waals surface area contributed by atoms with Crippen LogP contribution in [0.1, 0.15) is 5.69 Å². The highest BCUT2D eigenvalue weighted by molar-refractivity contribution is 6.30. The van der Waals surface area contributed by atoms with Gasteiger partial charge in [0.1, 0.15) is 0 Å². The van der Waals surface area contributed by atoms with Gasteiger partial charge in [-0.2, -0.15) is 5.11 Å². The second-order valence-corrected chi connectivity index (χ2v) is 3.58. The average molecular weight is 238 g/mol. The number of halogens is 1. The third-order valence-corrected chi connectivity index (χ3v) is 2.15. The molecule has 1 aromatic carbocycles. The van der Waals surface area contributed by atoms with Crippen LogP contribution >= 0.6 is 11.6 Å². The minimum Gasteiger partial charge on any atom is -0.336 e. The van der Waals surface area contributed by atoms with Gasteiger partial charge < -0.3 is 4.52 Å². The quantitative estimate of drug-likeness (QED) is 0.814. The zero-order valence-electron chi connectivity index (χ0n) is 8.40. The number of nitrogens with zero attached hydrogens (tertiary/aromatic N) is 2. The van der Waals surface area contributed by atoms with Crippen LogP contribution in [0.2, 0.25) is 5.02 Å². The summed E-state index contributed by atoms with van der Waals surface area (Å²) < 4.78 is 4.55. The number of H-pyrrole nitrogens is 1. The van der Waals surface area contributed by atoms with E-state index in [-0.39, 0.29) is 5.69 Å². The van der Waals surface area contributed by atoms with Crippen molar-refractivity contribution >= 4 is 23.0 Å². The van der Waals surface area contributed by atoms with Crippen LogP contribution < -0.4 is 5.63 Å². The van der Waals surface area contributed by atoms with Crippen molar-refractivity contribution in [3.63, 3.8) is 0 Å². The van der Waals surface area contributed by atoms with E-state index in [4.69, 9.17) is 11.6 Å². The largest absolute Gasteiger partial charge is 0.384 e. The van der Waals surface area contributed by atoms with Gasteiger partial charge in [0.15, 0.2) is 5.69 Å². The number of hydrogen-bond donors (Lipinski definition) is 1. The lowest BCUT2D eigenvalue weighted by Crippen LogP contribution is -1.89. The lowest BCUT2D eigenvalue weighted by molar-refractivity contribution is 0.388. The summed E-state index contributed by atoms with van der Waals surface area (Å²) in [5.41, 5.74) is 0.742. The van der Waals surface area contributed by atoms with E-state index in [9.17, 15) is 4.79 Å². The minimum absolute atomic E-state index is 0.167. The molecule has 2 aromatic rings. The molecular weight excluding hydrogens is 230 g/mol. The fraction of sp³-hybridized carbons (Fsp3) is 0.100. The predicted octanol–water partition coefficient (Wildman–Crippen LogP) is 3.35. The maximum absolute atomic E-state index is 11.2. The summed E-state index contributed by atoms with van der Waals surface area (Å²) in [7, 11) is 0. The van der Waals surface area contributed by atoms with Crippen molar-refractivity contribution in [1.29, 1.82) is 0 Å². The highest BCUT2D eigenvalue weighted by Gasteiger charge is 2.06. The maximum Gasteiger partial charge on any atom is 0.384 e. The van der Waals surface area contributed by atoms with Crippen LogP contribution in [-0.2, 0) is 0 Å². The van der Waals surface area contributed by atoms with E-state index in [2.05, 4.69) is 19.9 Å². The first kappa shape index (κ1) is 10.6. The van der Waals surface area contributed by atoms with Crippen molar-refractivity contribution < 1.29 is 4.52 Å². The lowest BCUT2D eigenvalue weighted by atomic mass is 10.3. The normalized spacial score (nSPS) is 11.1. The molecule has 1 N–H and O–H groups in total. The molecule has 0 saturated heterocycles. The summed E-state index contributed by atoms with van der Waals surface area (Å²) >= 11 is 5.78. The molecule has 0 radical (unpaired) electrons. The number of azo groups is 1. The highest BCUT2D eigenvalue weighted by atomic mass is 35.5. The topological polar surface area (TPSA) is 70.7 Å². The first-order chi connectivity index (χ1) is 7.66. The third-order valence-electron chi connectivity index (χ3n) is 1.92. The Balaban J connectivity index is 2.32. The van der Waals surface area contributed by atoms with E-state index in [1.807, 2.05) is 0 Å². The van der Waals surface area contributed by atoms with Crippen LogP contribution in [0.3, 0.4) is 0 Å². The average Bonchev–Trinajstić information content (AvgIpc) is 2.56. The number of hydrogen-bond acceptors (Lipinski definition) is 4. The van der Waals surface area contributed by atoms with E-state index in [0.29, 0.717) is 16.4 Å². The van der Waals surface area contributed by atoms with Crippen LogP contribution in [0.15, 0.2) is 43.8 Å². The molecule has 82 valence electrons. The third kappa shape index (κ3) is 2.20. The van der Waals surface area contributed by atoms with Crippen molar-refractivity contribution in [1.82, 2.24) is 5.16 Å². The number of rotatable bonds is 2. The van der Waals surface area contributed by atoms with E-state index >= 15 is 0 Å². The molecule has 0 bridgehead atoms. The monoisotopic (exact) mass is 237 g/mol. The zero-order valence-corrected chi connectivity index (χ0v) is 9.15. The van der Waals surface area contributed by atoms with Gasteiger partial charge in [-0.3, -0.25) is 0 Å². The first-order valence-electron chi connectivity index (χ1n) is 4.52. The fourth-order valence-corrected chi connectivity index (χ4v) is 1.32. The van der Waals surface area contributed by atoms with Crippen molar-refractivity contribution in [3.05, 3.63) is 45.4 Å². The predicted molar refractivity (Wildman–Crippen MR) is 59.7 cm³/mol. The van der Waals surface area contributed by atoms with Crippen LogP contribution in [0, 0.1) is 6.92 Å². The molecule has 0 aliphatic rings. The molecule has 0 aliphatic carbocycles. The van der Waals surface area contributed by atoms with Gasteiger partial charge >= 0.3 is 5.63 Å². The standard InChI is InChI=1S/C10H8ClN3O2/c1-6-9(10(15)16-14-6)13-12-8-4-2-3-7(11)5-8/h2-5,14H,1H3. The zero-order chi connectivity index (χ0) is 11.5. The van der Waals surface area contributed by atoms with Crippen LogP contribution in [0.5, 0.6) is 0 Å². The molecule has 0 fully saturated rings. The van der Waals surface area contributed by atoms with Gasteiger partial charge in [-0.25, -0.2) is 9.95 Å². The van der Waals surface area contributed by atoms with Crippen molar-refractivity contribution in [2.45, 2.75) is 6.92 Å². The Hall–Kier alpha value is -1.88. The fourth-order valence-electron chi connectivity index (χ4n) is 1.13. The van der Waals surface area contributed by atoms with Crippen molar-refractivity contribution in [3.8, 4) is 0 Å². The van der Waals surface area contributed by atoms with Gasteiger partial charge in [0.05, 0.1) is 11.4 Å². The van der Waals surface area contributed by atoms with Gasteiger partial charge in [0.25, 0.3) is 0 Å². The number of aromatic nitrogens is 1. The summed E-state index contributed by atoms with van der Waals surface area (Å²) in [6.07, 6.45) is 0. The molecule has 5 nitrogen and oxygen atoms in total. The molecule has 0 unspecified atom stereocenters. The second-order valence-electron chi connectivity index (χ2n) is 3.15. The molecule has 2 rings (SSSR count). The Kier molecular flexibility index (Phi) is 2.87. The summed E-state index contributed by atoms with van der Waals surface area (Å²) in [6, 6.07) is 6.87. The molecule has 0 atom stereocenters. The summed E-state index contributed by atoms with van der Waals surface area (Å²) in [4.78, 5) is 11.2. The number of aryl methyl sites for hydroxylation is 1. The number of benzene rings is 1. The Morgan fingerprint density at radius 1 is 1.38 bits per heavy atom. The Labute approximate surface area is 95.7 Å². The molecule has 0 amide bonds. The van der Waals surface area contributed by atoms with E-state index < -0.39 is 5.63 Å². The van der Waals surface area contributed by atoms with Crippen LogP contribution in [0.4, 0.5) is 11.4 Å². The molecule has 6 heteroatoms. The van der Waals surface area contributed by atoms with Gasteiger partial charge in [0.2, 0.25) is 0 Å². The van der Waals surface area contributed by atoms with Crippen LogP contribution in [-0.4, -0.2) is 5.16 Å². The lowest BCUT2D eigenvalue weighted by Gasteiger charge is -1.91. The van der Waals surface area contributed by atoms with E-state index in [1.54, 1.807) is 31.2 Å². The molecule has 0 saturated carbocycles. The molecule has 1 aromatic heterocycles. The van der Waals surface area contributed by atoms with Gasteiger partial charge in [-0.15, -0.1) is 5.11 Å². The smallest absolute Gasteiger partial charge is 0.336 e. The molecule has 16 heavy (non-hydrogen) atoms. The van der Waals surface area contributed by atoms with E-state index in [0.717, 1.165) is 0 Å². The summed E-state index contributed by atoms with van der Waals surface area (Å²) in [5.74, 6) is 0. The molecule has 0 aliphatic heterocycles. The van der Waals surface area contributed by atoms with Gasteiger partial charge in [-0.05, 0) is 25.1 Å². The maximum atomic E-state index is 11.2. The molecular formula is C10H8ClN3O2. The second kappa shape index (κ2) is 4.32. The number of aromatic amines is 1. The summed E-state index contributed by atoms with van der Waals surface area (Å²) in [6.45, 7) is 1.68. The molecule has 1 heterocycles. The first-order valence-corrected chi connectivity index (χ1v) is 4.90. The summed E-state index contributed by atoms with van der Waals surface area (Å²) in [5, 5.41) is 10.7. The van der Waals surface area contributed by atoms with Crippen molar-refractivity contribution in [2.75, 3.05) is 0 Å². The SMILES string of the molecule is Cc1[nH]oc(=O)c1N=Nc1cccc(Cl)c1. The Morgan fingerprint density at radius 2 is 2.19 bits per heavy atom. The van der Waals surface area contributed by atoms with Crippen molar-refractivity contribution in [2.24, 2.45) is 10.2 Å². The van der Waals surface area contributed by atoms with Gasteiger partial charge in [0, 0.05) is 5.02 Å². The Morgan fingerprint density at radius 3 is 2.81 bits per heavy atom. The minimum atomic E-state index is -0.539. The van der Waals surface area contributed by atoms with Gasteiger partial charge in [-0.1, -0.05) is 17.7 Å². The molecule has 0 spiro atoms. The van der Waals surface area contributed by atoms with E-state index in [1.165, 1.54) is 0 Å². The highest BCUT2D eigenvalue weighted by Crippen LogP contribution is 2.20. The van der Waals surface area contributed by atoms with Crippen LogP contribution in [0.25, 0.3) is 0 Å². The Bertz CT molecular complexity index is 586. The number of nitrogens with one attached hydrogen (secondary N) is 1.